The normalized spacial score (nSPS) is 40.5. The summed E-state index contributed by atoms with van der Waals surface area (Å²) in [7, 11) is 0. The van der Waals surface area contributed by atoms with Gasteiger partial charge in [0.05, 0.1) is 31.6 Å². The van der Waals surface area contributed by atoms with Crippen molar-refractivity contribution in [2.24, 2.45) is 11.8 Å². The van der Waals surface area contributed by atoms with Crippen molar-refractivity contribution in [3.63, 3.8) is 0 Å². The molecule has 0 spiro atoms. The molecule has 4 fully saturated rings. The van der Waals surface area contributed by atoms with Gasteiger partial charge in [0, 0.05) is 19.6 Å². The number of ether oxygens (including phenoxy) is 1. The van der Waals surface area contributed by atoms with Crippen molar-refractivity contribution < 1.29 is 9.57 Å². The Morgan fingerprint density at radius 3 is 2.77 bits per heavy atom. The topological polar surface area (TPSA) is 61.0 Å². The van der Waals surface area contributed by atoms with Crippen LogP contribution in [0.25, 0.3) is 0 Å². The maximum absolute atomic E-state index is 6.04. The second-order valence-corrected chi connectivity index (χ2v) is 8.80. The number of piperidine rings is 1. The smallest absolute Gasteiger partial charge is 0.146 e. The van der Waals surface area contributed by atoms with E-state index in [1.54, 1.807) is 0 Å². The Morgan fingerprint density at radius 1 is 1.12 bits per heavy atom. The molecule has 150 valence electrons. The summed E-state index contributed by atoms with van der Waals surface area (Å²) in [4.78, 5) is 11.2. The Balaban J connectivity index is 1.30. The summed E-state index contributed by atoms with van der Waals surface area (Å²) in [6.07, 6.45) is 5.76. The summed E-state index contributed by atoms with van der Waals surface area (Å²) >= 11 is 0. The van der Waals surface area contributed by atoms with Crippen LogP contribution in [0.15, 0.2) is 0 Å². The molecular weight excluding hydrogens is 330 g/mol. The molecule has 4 saturated heterocycles. The van der Waals surface area contributed by atoms with E-state index in [9.17, 15) is 0 Å². The van der Waals surface area contributed by atoms with Crippen LogP contribution in [-0.2, 0) is 9.57 Å². The van der Waals surface area contributed by atoms with Gasteiger partial charge in [0.15, 0.2) is 0 Å². The lowest BCUT2D eigenvalue weighted by molar-refractivity contribution is -0.0293. The zero-order valence-corrected chi connectivity index (χ0v) is 16.5. The minimum Gasteiger partial charge on any atom is -0.379 e. The number of morpholine rings is 1. The van der Waals surface area contributed by atoms with Crippen molar-refractivity contribution >= 4 is 0 Å². The van der Waals surface area contributed by atoms with Gasteiger partial charge in [-0.1, -0.05) is 13.8 Å². The molecule has 0 radical (unpaired) electrons. The first-order chi connectivity index (χ1) is 12.7. The fourth-order valence-corrected chi connectivity index (χ4v) is 5.10. The highest BCUT2D eigenvalue weighted by Gasteiger charge is 2.41. The fourth-order valence-electron chi connectivity index (χ4n) is 5.10. The Hall–Kier alpha value is -0.280. The SMILES string of the molecule is CC(C)CN1CCC[C@H]1C1NC(C2CCNC(N3CCOCC3)C2)NO1. The van der Waals surface area contributed by atoms with Crippen molar-refractivity contribution in [2.75, 3.05) is 45.9 Å². The maximum Gasteiger partial charge on any atom is 0.146 e. The van der Waals surface area contributed by atoms with Crippen LogP contribution in [0.4, 0.5) is 0 Å². The molecule has 5 atom stereocenters. The van der Waals surface area contributed by atoms with Gasteiger partial charge in [-0.3, -0.25) is 20.0 Å². The summed E-state index contributed by atoms with van der Waals surface area (Å²) < 4.78 is 5.51. The first-order valence-electron chi connectivity index (χ1n) is 10.7. The van der Waals surface area contributed by atoms with E-state index in [4.69, 9.17) is 9.57 Å². The van der Waals surface area contributed by atoms with Crippen LogP contribution >= 0.6 is 0 Å². The molecule has 0 amide bonds. The third-order valence-corrected chi connectivity index (χ3v) is 6.41. The average Bonchev–Trinajstić information content (AvgIpc) is 3.31. The van der Waals surface area contributed by atoms with E-state index in [2.05, 4.69) is 39.8 Å². The summed E-state index contributed by atoms with van der Waals surface area (Å²) in [5, 5.41) is 7.49. The van der Waals surface area contributed by atoms with Gasteiger partial charge in [0.1, 0.15) is 6.23 Å². The second-order valence-electron chi connectivity index (χ2n) is 8.80. The van der Waals surface area contributed by atoms with E-state index in [-0.39, 0.29) is 12.4 Å². The van der Waals surface area contributed by atoms with E-state index < -0.39 is 0 Å². The van der Waals surface area contributed by atoms with Crippen LogP contribution in [0.3, 0.4) is 0 Å². The quantitative estimate of drug-likeness (QED) is 0.656. The minimum atomic E-state index is 0.123. The zero-order valence-electron chi connectivity index (χ0n) is 16.5. The molecule has 0 aromatic heterocycles. The van der Waals surface area contributed by atoms with Gasteiger partial charge in [0.25, 0.3) is 0 Å². The summed E-state index contributed by atoms with van der Waals surface area (Å²) in [5.74, 6) is 1.31. The molecule has 0 aromatic carbocycles. The molecule has 7 heteroatoms. The van der Waals surface area contributed by atoms with Gasteiger partial charge < -0.3 is 10.1 Å². The minimum absolute atomic E-state index is 0.123. The van der Waals surface area contributed by atoms with Crippen molar-refractivity contribution in [3.8, 4) is 0 Å². The fraction of sp³-hybridized carbons (Fsp3) is 1.00. The van der Waals surface area contributed by atoms with Crippen molar-refractivity contribution in [1.29, 1.82) is 0 Å². The van der Waals surface area contributed by atoms with E-state index in [0.29, 0.717) is 24.0 Å². The Labute approximate surface area is 158 Å². The third-order valence-electron chi connectivity index (χ3n) is 6.41. The first kappa shape index (κ1) is 19.1. The largest absolute Gasteiger partial charge is 0.379 e. The van der Waals surface area contributed by atoms with Crippen LogP contribution < -0.4 is 16.1 Å². The summed E-state index contributed by atoms with van der Waals surface area (Å²) in [6, 6.07) is 0.506. The van der Waals surface area contributed by atoms with E-state index >= 15 is 0 Å². The molecule has 4 aliphatic heterocycles. The first-order valence-corrected chi connectivity index (χ1v) is 10.7. The molecule has 7 nitrogen and oxygen atoms in total. The lowest BCUT2D eigenvalue weighted by Gasteiger charge is -2.41. The average molecular weight is 368 g/mol. The number of likely N-dealkylation sites (tertiary alicyclic amines) is 1. The van der Waals surface area contributed by atoms with Gasteiger partial charge in [-0.25, -0.2) is 0 Å². The molecule has 4 rings (SSSR count). The van der Waals surface area contributed by atoms with Crippen LogP contribution in [0.5, 0.6) is 0 Å². The summed E-state index contributed by atoms with van der Waals surface area (Å²) in [5.41, 5.74) is 3.34. The molecule has 0 aromatic rings. The number of hydrogen-bond donors (Lipinski definition) is 3. The van der Waals surface area contributed by atoms with E-state index in [1.807, 2.05) is 0 Å². The van der Waals surface area contributed by atoms with Gasteiger partial charge in [-0.05, 0) is 50.6 Å². The van der Waals surface area contributed by atoms with Gasteiger partial charge in [0.2, 0.25) is 0 Å². The Kier molecular flexibility index (Phi) is 6.46. The number of rotatable bonds is 5. The standard InChI is InChI=1S/C19H37N5O2/c1-14(2)13-24-7-3-4-16(24)19-21-18(22-26-19)15-5-6-20-17(12-15)23-8-10-25-11-9-23/h14-22H,3-13H2,1-2H3/t15?,16-,17?,18?,19?/m0/s1. The van der Waals surface area contributed by atoms with Gasteiger partial charge in [-0.2, -0.15) is 5.48 Å². The third kappa shape index (κ3) is 4.41. The van der Waals surface area contributed by atoms with Gasteiger partial charge in [-0.15, -0.1) is 0 Å². The van der Waals surface area contributed by atoms with Crippen LogP contribution in [-0.4, -0.2) is 80.3 Å². The Morgan fingerprint density at radius 2 is 1.96 bits per heavy atom. The van der Waals surface area contributed by atoms with Crippen molar-refractivity contribution in [2.45, 2.75) is 64.1 Å². The number of nitrogens with zero attached hydrogens (tertiary/aromatic N) is 2. The molecule has 4 unspecified atom stereocenters. The van der Waals surface area contributed by atoms with E-state index in [1.165, 1.54) is 38.8 Å². The number of hydroxylamine groups is 1. The van der Waals surface area contributed by atoms with Gasteiger partial charge >= 0.3 is 0 Å². The molecule has 3 N–H and O–H groups in total. The highest BCUT2D eigenvalue weighted by Crippen LogP contribution is 2.28. The zero-order chi connectivity index (χ0) is 17.9. The molecule has 0 aliphatic carbocycles. The van der Waals surface area contributed by atoms with Crippen molar-refractivity contribution in [3.05, 3.63) is 0 Å². The van der Waals surface area contributed by atoms with Crippen LogP contribution in [0.1, 0.15) is 39.5 Å². The second kappa shape index (κ2) is 8.82. The maximum atomic E-state index is 6.04. The molecule has 4 aliphatic rings. The molecular formula is C19H37N5O2. The van der Waals surface area contributed by atoms with Crippen molar-refractivity contribution in [1.82, 2.24) is 25.9 Å². The molecule has 0 saturated carbocycles. The molecule has 4 heterocycles. The highest BCUT2D eigenvalue weighted by molar-refractivity contribution is 4.92. The summed E-state index contributed by atoms with van der Waals surface area (Å²) in [6.45, 7) is 11.9. The lowest BCUT2D eigenvalue weighted by Crippen LogP contribution is -2.57. The van der Waals surface area contributed by atoms with E-state index in [0.717, 1.165) is 32.8 Å². The molecule has 0 bridgehead atoms. The monoisotopic (exact) mass is 367 g/mol. The predicted molar refractivity (Wildman–Crippen MR) is 101 cm³/mol. The Bertz CT molecular complexity index is 446. The highest BCUT2D eigenvalue weighted by atomic mass is 16.7. The number of nitrogens with one attached hydrogen (secondary N) is 3. The lowest BCUT2D eigenvalue weighted by atomic mass is 9.92. The van der Waals surface area contributed by atoms with Crippen LogP contribution in [0.2, 0.25) is 0 Å². The number of hydrogen-bond acceptors (Lipinski definition) is 7. The predicted octanol–water partition coefficient (Wildman–Crippen LogP) is 0.541. The molecule has 26 heavy (non-hydrogen) atoms. The van der Waals surface area contributed by atoms with Crippen LogP contribution in [0, 0.1) is 11.8 Å².